The van der Waals surface area contributed by atoms with Gasteiger partial charge in [-0.15, -0.1) is 0 Å². The third kappa shape index (κ3) is 3.63. The van der Waals surface area contributed by atoms with Crippen LogP contribution in [0.1, 0.15) is 0 Å². The van der Waals surface area contributed by atoms with E-state index >= 15 is 0 Å². The zero-order valence-electron chi connectivity index (χ0n) is 14.1. The second-order valence-electron chi connectivity index (χ2n) is 6.01. The highest BCUT2D eigenvalue weighted by Gasteiger charge is 2.22. The molecule has 4 aromatic rings. The maximum atomic E-state index is 6.46. The summed E-state index contributed by atoms with van der Waals surface area (Å²) in [6.07, 6.45) is 0. The van der Waals surface area contributed by atoms with Crippen molar-refractivity contribution in [2.75, 3.05) is 0 Å². The van der Waals surface area contributed by atoms with Crippen molar-refractivity contribution in [3.05, 3.63) is 85.8 Å². The molecule has 0 fully saturated rings. The van der Waals surface area contributed by atoms with Crippen LogP contribution in [0.4, 0.5) is 0 Å². The quantitative estimate of drug-likeness (QED) is 0.320. The molecule has 0 bridgehead atoms. The number of halogens is 5. The van der Waals surface area contributed by atoms with Crippen LogP contribution in [0.15, 0.2) is 60.7 Å². The number of aromatic amines is 1. The second kappa shape index (κ2) is 7.98. The van der Waals surface area contributed by atoms with Gasteiger partial charge >= 0.3 is 0 Å². The van der Waals surface area contributed by atoms with Crippen LogP contribution in [-0.4, -0.2) is 9.97 Å². The van der Waals surface area contributed by atoms with Crippen molar-refractivity contribution >= 4 is 58.0 Å². The lowest BCUT2D eigenvalue weighted by Gasteiger charge is -2.10. The minimum Gasteiger partial charge on any atom is -0.337 e. The van der Waals surface area contributed by atoms with E-state index in [0.29, 0.717) is 53.5 Å². The molecule has 1 aromatic heterocycles. The van der Waals surface area contributed by atoms with Crippen LogP contribution in [0, 0.1) is 0 Å². The van der Waals surface area contributed by atoms with Gasteiger partial charge in [-0.05, 0) is 48.5 Å². The summed E-state index contributed by atoms with van der Waals surface area (Å²) in [5.41, 5.74) is 3.28. The molecule has 0 amide bonds. The predicted molar refractivity (Wildman–Crippen MR) is 120 cm³/mol. The van der Waals surface area contributed by atoms with Crippen molar-refractivity contribution in [2.45, 2.75) is 0 Å². The van der Waals surface area contributed by atoms with Crippen molar-refractivity contribution in [1.82, 2.24) is 9.97 Å². The molecule has 4 rings (SSSR count). The van der Waals surface area contributed by atoms with Crippen LogP contribution in [0.2, 0.25) is 25.1 Å². The molecule has 0 aliphatic heterocycles. The minimum absolute atomic E-state index is 0.478. The second-order valence-corrected chi connectivity index (χ2v) is 8.07. The Balaban J connectivity index is 2.02. The van der Waals surface area contributed by atoms with Gasteiger partial charge in [-0.25, -0.2) is 4.98 Å². The number of aromatic nitrogens is 2. The molecule has 0 saturated heterocycles. The Morgan fingerprint density at radius 1 is 0.607 bits per heavy atom. The lowest BCUT2D eigenvalue weighted by Crippen LogP contribution is -1.88. The third-order valence-corrected chi connectivity index (χ3v) is 5.75. The van der Waals surface area contributed by atoms with Gasteiger partial charge in [0.05, 0.1) is 31.5 Å². The molecule has 0 saturated carbocycles. The summed E-state index contributed by atoms with van der Waals surface area (Å²) in [6.45, 7) is 0. The summed E-state index contributed by atoms with van der Waals surface area (Å²) < 4.78 is 0. The lowest BCUT2D eigenvalue weighted by atomic mass is 10.0. The number of imidazole rings is 1. The van der Waals surface area contributed by atoms with Gasteiger partial charge in [0, 0.05) is 21.7 Å². The number of rotatable bonds is 3. The van der Waals surface area contributed by atoms with Gasteiger partial charge in [-0.1, -0.05) is 70.1 Å². The van der Waals surface area contributed by atoms with Gasteiger partial charge in [0.1, 0.15) is 5.82 Å². The molecule has 2 nitrogen and oxygen atoms in total. The maximum Gasteiger partial charge on any atom is 0.138 e. The van der Waals surface area contributed by atoms with Crippen molar-refractivity contribution in [1.29, 1.82) is 0 Å². The molecular weight excluding hydrogens is 458 g/mol. The van der Waals surface area contributed by atoms with E-state index in [1.54, 1.807) is 48.5 Å². The minimum atomic E-state index is 0.478. The smallest absolute Gasteiger partial charge is 0.138 e. The van der Waals surface area contributed by atoms with Gasteiger partial charge < -0.3 is 4.98 Å². The maximum absolute atomic E-state index is 6.46. The third-order valence-electron chi connectivity index (χ3n) is 4.23. The van der Waals surface area contributed by atoms with Crippen LogP contribution < -0.4 is 0 Å². The highest BCUT2D eigenvalue weighted by Crippen LogP contribution is 2.44. The first-order valence-electron chi connectivity index (χ1n) is 8.20. The highest BCUT2D eigenvalue weighted by atomic mass is 35.5. The molecule has 28 heavy (non-hydrogen) atoms. The van der Waals surface area contributed by atoms with Gasteiger partial charge in [-0.3, -0.25) is 0 Å². The molecule has 0 atom stereocenters. The molecule has 0 radical (unpaired) electrons. The number of H-pyrrole nitrogens is 1. The fourth-order valence-corrected chi connectivity index (χ4v) is 4.23. The fourth-order valence-electron chi connectivity index (χ4n) is 2.94. The van der Waals surface area contributed by atoms with Crippen molar-refractivity contribution < 1.29 is 0 Å². The first kappa shape index (κ1) is 19.6. The molecular formula is C21H11Cl5N2. The van der Waals surface area contributed by atoms with E-state index in [1.165, 1.54) is 0 Å². The van der Waals surface area contributed by atoms with Crippen molar-refractivity contribution in [3.8, 4) is 33.9 Å². The van der Waals surface area contributed by atoms with Gasteiger partial charge in [0.25, 0.3) is 0 Å². The van der Waals surface area contributed by atoms with Crippen LogP contribution >= 0.6 is 58.0 Å². The number of nitrogens with zero attached hydrogens (tertiary/aromatic N) is 1. The first-order valence-corrected chi connectivity index (χ1v) is 10.1. The summed E-state index contributed by atoms with van der Waals surface area (Å²) in [6, 6.07) is 18.0. The van der Waals surface area contributed by atoms with Crippen molar-refractivity contribution in [3.63, 3.8) is 0 Å². The van der Waals surface area contributed by atoms with E-state index in [9.17, 15) is 0 Å². The van der Waals surface area contributed by atoms with Crippen LogP contribution in [-0.2, 0) is 0 Å². The van der Waals surface area contributed by atoms with Gasteiger partial charge in [0.15, 0.2) is 0 Å². The Hall–Kier alpha value is -1.68. The van der Waals surface area contributed by atoms with E-state index in [1.807, 2.05) is 12.1 Å². The monoisotopic (exact) mass is 466 g/mol. The fraction of sp³-hybridized carbons (Fsp3) is 0. The Kier molecular flexibility index (Phi) is 5.59. The molecule has 3 aromatic carbocycles. The summed E-state index contributed by atoms with van der Waals surface area (Å²) >= 11 is 31.9. The predicted octanol–water partition coefficient (Wildman–Crippen LogP) is 8.68. The molecule has 0 aliphatic rings. The molecule has 140 valence electrons. The van der Waals surface area contributed by atoms with Crippen LogP contribution in [0.3, 0.4) is 0 Å². The zero-order chi connectivity index (χ0) is 19.8. The Morgan fingerprint density at radius 2 is 1.11 bits per heavy atom. The topological polar surface area (TPSA) is 28.7 Å². The SMILES string of the molecule is Clc1ccc(-c2nc(-c3c(Cl)cccc3Cl)c(-c3c(Cl)cccc3Cl)[nH]2)cc1. The first-order chi connectivity index (χ1) is 13.5. The molecule has 7 heteroatoms. The van der Waals surface area contributed by atoms with Crippen molar-refractivity contribution in [2.24, 2.45) is 0 Å². The van der Waals surface area contributed by atoms with E-state index < -0.39 is 0 Å². The summed E-state index contributed by atoms with van der Waals surface area (Å²) in [4.78, 5) is 8.10. The number of benzene rings is 3. The average Bonchev–Trinajstić information content (AvgIpc) is 3.06. The molecule has 1 heterocycles. The standard InChI is InChI=1S/C21H11Cl5N2/c22-12-9-7-11(8-10-12)21-27-19(17-13(23)3-1-4-14(17)24)20(28-21)18-15(25)5-2-6-16(18)26/h1-10H,(H,27,28). The Bertz CT molecular complexity index is 1060. The van der Waals surface area contributed by atoms with Gasteiger partial charge in [0.2, 0.25) is 0 Å². The Labute approximate surface area is 187 Å². The normalized spacial score (nSPS) is 11.0. The van der Waals surface area contributed by atoms with E-state index in [0.717, 1.165) is 5.56 Å². The van der Waals surface area contributed by atoms with Crippen LogP contribution in [0.5, 0.6) is 0 Å². The Morgan fingerprint density at radius 3 is 1.64 bits per heavy atom. The average molecular weight is 469 g/mol. The van der Waals surface area contributed by atoms with Gasteiger partial charge in [-0.2, -0.15) is 0 Å². The molecule has 1 N–H and O–H groups in total. The van der Waals surface area contributed by atoms with E-state index in [2.05, 4.69) is 4.98 Å². The largest absolute Gasteiger partial charge is 0.337 e. The summed E-state index contributed by atoms with van der Waals surface area (Å²) in [5, 5.41) is 2.57. The van der Waals surface area contributed by atoms with Crippen LogP contribution in [0.25, 0.3) is 33.9 Å². The summed E-state index contributed by atoms with van der Waals surface area (Å²) in [5.74, 6) is 0.619. The summed E-state index contributed by atoms with van der Waals surface area (Å²) in [7, 11) is 0. The zero-order valence-corrected chi connectivity index (χ0v) is 17.9. The lowest BCUT2D eigenvalue weighted by molar-refractivity contribution is 1.31. The van der Waals surface area contributed by atoms with E-state index in [4.69, 9.17) is 63.0 Å². The highest BCUT2D eigenvalue weighted by molar-refractivity contribution is 6.41. The molecule has 0 aliphatic carbocycles. The molecule has 0 spiro atoms. The van der Waals surface area contributed by atoms with E-state index in [-0.39, 0.29) is 0 Å². The number of hydrogen-bond acceptors (Lipinski definition) is 1. The number of nitrogens with one attached hydrogen (secondary N) is 1. The number of hydrogen-bond donors (Lipinski definition) is 1. The molecule has 0 unspecified atom stereocenters.